The monoisotopic (exact) mass is 291 g/mol. The molecule has 2 rings (SSSR count). The van der Waals surface area contributed by atoms with E-state index in [1.165, 1.54) is 37.7 Å². The SMILES string of the molecule is CNCCc1c(C)nc(C(OC)C2CCCCC2)nc1C. The highest BCUT2D eigenvalue weighted by molar-refractivity contribution is 5.25. The van der Waals surface area contributed by atoms with Crippen molar-refractivity contribution in [3.63, 3.8) is 0 Å². The minimum atomic E-state index is 0.0565. The molecule has 118 valence electrons. The maximum absolute atomic E-state index is 5.77. The molecule has 0 radical (unpaired) electrons. The lowest BCUT2D eigenvalue weighted by molar-refractivity contribution is 0.0286. The zero-order valence-corrected chi connectivity index (χ0v) is 13.9. The van der Waals surface area contributed by atoms with Crippen molar-refractivity contribution >= 4 is 0 Å². The fourth-order valence-electron chi connectivity index (χ4n) is 3.45. The molecular weight excluding hydrogens is 262 g/mol. The van der Waals surface area contributed by atoms with Gasteiger partial charge in [-0.3, -0.25) is 0 Å². The molecule has 1 saturated carbocycles. The third kappa shape index (κ3) is 4.01. The van der Waals surface area contributed by atoms with E-state index >= 15 is 0 Å². The van der Waals surface area contributed by atoms with E-state index in [4.69, 9.17) is 14.7 Å². The van der Waals surface area contributed by atoms with Gasteiger partial charge in [-0.05, 0) is 58.2 Å². The highest BCUT2D eigenvalue weighted by atomic mass is 16.5. The highest BCUT2D eigenvalue weighted by Gasteiger charge is 2.27. The highest BCUT2D eigenvalue weighted by Crippen LogP contribution is 2.35. The van der Waals surface area contributed by atoms with Gasteiger partial charge in [-0.25, -0.2) is 9.97 Å². The molecule has 4 heteroatoms. The van der Waals surface area contributed by atoms with Gasteiger partial charge in [-0.2, -0.15) is 0 Å². The number of nitrogens with zero attached hydrogens (tertiary/aromatic N) is 2. The lowest BCUT2D eigenvalue weighted by Gasteiger charge is -2.28. The Hall–Kier alpha value is -1.00. The molecule has 0 bridgehead atoms. The first-order valence-electron chi connectivity index (χ1n) is 8.18. The minimum absolute atomic E-state index is 0.0565. The van der Waals surface area contributed by atoms with Crippen molar-refractivity contribution in [2.75, 3.05) is 20.7 Å². The molecule has 1 aliphatic carbocycles. The summed E-state index contributed by atoms with van der Waals surface area (Å²) in [6.07, 6.45) is 7.49. The van der Waals surface area contributed by atoms with Gasteiger partial charge in [0.15, 0.2) is 5.82 Å². The summed E-state index contributed by atoms with van der Waals surface area (Å²) >= 11 is 0. The number of hydrogen-bond acceptors (Lipinski definition) is 4. The fourth-order valence-corrected chi connectivity index (χ4v) is 3.45. The van der Waals surface area contributed by atoms with E-state index in [0.29, 0.717) is 5.92 Å². The molecule has 0 spiro atoms. The van der Waals surface area contributed by atoms with Crippen LogP contribution in [0.5, 0.6) is 0 Å². The van der Waals surface area contributed by atoms with Crippen LogP contribution >= 0.6 is 0 Å². The normalized spacial score (nSPS) is 17.9. The van der Waals surface area contributed by atoms with Gasteiger partial charge in [0.1, 0.15) is 6.10 Å². The summed E-state index contributed by atoms with van der Waals surface area (Å²) in [6.45, 7) is 5.15. The van der Waals surface area contributed by atoms with Crippen LogP contribution in [0.2, 0.25) is 0 Å². The third-order valence-electron chi connectivity index (χ3n) is 4.65. The van der Waals surface area contributed by atoms with Crippen molar-refractivity contribution < 1.29 is 4.74 Å². The first-order valence-corrected chi connectivity index (χ1v) is 8.18. The first kappa shape index (κ1) is 16.4. The molecule has 21 heavy (non-hydrogen) atoms. The average Bonchev–Trinajstić information content (AvgIpc) is 2.48. The van der Waals surface area contributed by atoms with Crippen molar-refractivity contribution in [2.24, 2.45) is 5.92 Å². The van der Waals surface area contributed by atoms with Crippen molar-refractivity contribution in [1.29, 1.82) is 0 Å². The number of ether oxygens (including phenoxy) is 1. The molecule has 0 saturated heterocycles. The molecular formula is C17H29N3O. The summed E-state index contributed by atoms with van der Waals surface area (Å²) in [6, 6.07) is 0. The van der Waals surface area contributed by atoms with Crippen LogP contribution < -0.4 is 5.32 Å². The smallest absolute Gasteiger partial charge is 0.157 e. The summed E-state index contributed by atoms with van der Waals surface area (Å²) in [4.78, 5) is 9.54. The molecule has 1 fully saturated rings. The molecule has 4 nitrogen and oxygen atoms in total. The van der Waals surface area contributed by atoms with Gasteiger partial charge in [0, 0.05) is 18.5 Å². The van der Waals surface area contributed by atoms with E-state index in [2.05, 4.69) is 19.2 Å². The second kappa shape index (κ2) is 7.85. The van der Waals surface area contributed by atoms with Gasteiger partial charge < -0.3 is 10.1 Å². The van der Waals surface area contributed by atoms with E-state index in [-0.39, 0.29) is 6.10 Å². The Kier molecular flexibility index (Phi) is 6.12. The van der Waals surface area contributed by atoms with Gasteiger partial charge in [-0.15, -0.1) is 0 Å². The lowest BCUT2D eigenvalue weighted by atomic mass is 9.84. The van der Waals surface area contributed by atoms with Gasteiger partial charge >= 0.3 is 0 Å². The number of aromatic nitrogens is 2. The topological polar surface area (TPSA) is 47.0 Å². The van der Waals surface area contributed by atoms with Crippen molar-refractivity contribution in [3.8, 4) is 0 Å². The van der Waals surface area contributed by atoms with E-state index in [9.17, 15) is 0 Å². The summed E-state index contributed by atoms with van der Waals surface area (Å²) in [7, 11) is 3.77. The summed E-state index contributed by atoms with van der Waals surface area (Å²) in [5.74, 6) is 1.46. The molecule has 1 aliphatic rings. The molecule has 0 amide bonds. The zero-order valence-electron chi connectivity index (χ0n) is 13.9. The first-order chi connectivity index (χ1) is 10.2. The van der Waals surface area contributed by atoms with E-state index in [1.54, 1.807) is 7.11 Å². The summed E-state index contributed by atoms with van der Waals surface area (Å²) in [5, 5.41) is 3.19. The van der Waals surface area contributed by atoms with Crippen LogP contribution in [-0.4, -0.2) is 30.7 Å². The van der Waals surface area contributed by atoms with Crippen LogP contribution in [0.1, 0.15) is 61.0 Å². The molecule has 1 aromatic rings. The maximum Gasteiger partial charge on any atom is 0.157 e. The van der Waals surface area contributed by atoms with Crippen LogP contribution in [0.4, 0.5) is 0 Å². The van der Waals surface area contributed by atoms with Gasteiger partial charge in [0.2, 0.25) is 0 Å². The molecule has 1 atom stereocenters. The number of likely N-dealkylation sites (N-methyl/N-ethyl adjacent to an activating group) is 1. The Morgan fingerprint density at radius 1 is 1.14 bits per heavy atom. The minimum Gasteiger partial charge on any atom is -0.373 e. The van der Waals surface area contributed by atoms with Crippen LogP contribution in [0, 0.1) is 19.8 Å². The Morgan fingerprint density at radius 2 is 1.76 bits per heavy atom. The molecule has 0 aliphatic heterocycles. The third-order valence-corrected chi connectivity index (χ3v) is 4.65. The van der Waals surface area contributed by atoms with E-state index < -0.39 is 0 Å². The number of rotatable bonds is 6. The van der Waals surface area contributed by atoms with Crippen molar-refractivity contribution in [2.45, 2.75) is 58.5 Å². The standard InChI is InChI=1S/C17H29N3O/c1-12-15(10-11-18-3)13(2)20-17(19-12)16(21-4)14-8-6-5-7-9-14/h14,16,18H,5-11H2,1-4H3. The molecule has 0 aromatic carbocycles. The number of methoxy groups -OCH3 is 1. The maximum atomic E-state index is 5.77. The fraction of sp³-hybridized carbons (Fsp3) is 0.765. The second-order valence-electron chi connectivity index (χ2n) is 6.14. The molecule has 1 heterocycles. The number of hydrogen-bond donors (Lipinski definition) is 1. The van der Waals surface area contributed by atoms with Crippen LogP contribution in [0.15, 0.2) is 0 Å². The Labute approximate surface area is 128 Å². The van der Waals surface area contributed by atoms with E-state index in [0.717, 1.165) is 30.2 Å². The van der Waals surface area contributed by atoms with Crippen LogP contribution in [-0.2, 0) is 11.2 Å². The Balaban J connectivity index is 2.21. The number of aryl methyl sites for hydroxylation is 2. The van der Waals surface area contributed by atoms with E-state index in [1.807, 2.05) is 7.05 Å². The second-order valence-corrected chi connectivity index (χ2v) is 6.14. The summed E-state index contributed by atoms with van der Waals surface area (Å²) in [5.41, 5.74) is 3.47. The molecule has 1 N–H and O–H groups in total. The average molecular weight is 291 g/mol. The Morgan fingerprint density at radius 3 is 2.29 bits per heavy atom. The largest absolute Gasteiger partial charge is 0.373 e. The van der Waals surface area contributed by atoms with Gasteiger partial charge in [0.25, 0.3) is 0 Å². The van der Waals surface area contributed by atoms with Crippen LogP contribution in [0.25, 0.3) is 0 Å². The predicted octanol–water partition coefficient (Wildman–Crippen LogP) is 3.12. The Bertz CT molecular complexity index is 432. The number of nitrogens with one attached hydrogen (secondary N) is 1. The van der Waals surface area contributed by atoms with Gasteiger partial charge in [0.05, 0.1) is 0 Å². The quantitative estimate of drug-likeness (QED) is 0.875. The van der Waals surface area contributed by atoms with Crippen molar-refractivity contribution in [1.82, 2.24) is 15.3 Å². The summed E-state index contributed by atoms with van der Waals surface area (Å²) < 4.78 is 5.77. The zero-order chi connectivity index (χ0) is 15.2. The van der Waals surface area contributed by atoms with Crippen molar-refractivity contribution in [3.05, 3.63) is 22.8 Å². The molecule has 1 unspecified atom stereocenters. The molecule has 1 aromatic heterocycles. The predicted molar refractivity (Wildman–Crippen MR) is 85.5 cm³/mol. The lowest BCUT2D eigenvalue weighted by Crippen LogP contribution is -2.22. The van der Waals surface area contributed by atoms with Gasteiger partial charge in [-0.1, -0.05) is 19.3 Å². The van der Waals surface area contributed by atoms with Crippen LogP contribution in [0.3, 0.4) is 0 Å².